The molecule has 0 saturated carbocycles. The highest BCUT2D eigenvalue weighted by Gasteiger charge is 1.97. The van der Waals surface area contributed by atoms with Crippen LogP contribution in [0.3, 0.4) is 0 Å². The zero-order chi connectivity index (χ0) is 7.56. The quantitative estimate of drug-likeness (QED) is 0.575. The first-order valence-corrected chi connectivity index (χ1v) is 7.03. The molecular weight excluding hydrogens is 156 g/mol. The maximum atomic E-state index is 2.17. The third-order valence-electron chi connectivity index (χ3n) is 1.61. The molecule has 0 spiro atoms. The molecule has 0 aliphatic rings. The number of hydrogen-bond acceptors (Lipinski definition) is 1. The summed E-state index contributed by atoms with van der Waals surface area (Å²) in [5.41, 5.74) is 2.83. The molecule has 0 heterocycles. The Morgan fingerprint density at radius 2 is 1.70 bits per heavy atom. The largest absolute Gasteiger partial charge is 0.163 e. The predicted molar refractivity (Wildman–Crippen MR) is 51.7 cm³/mol. The third kappa shape index (κ3) is 1.44. The van der Waals surface area contributed by atoms with Gasteiger partial charge in [0, 0.05) is 4.90 Å². The van der Waals surface area contributed by atoms with Crippen LogP contribution < -0.4 is 0 Å². The Balaban J connectivity index is 3.17. The van der Waals surface area contributed by atoms with E-state index in [9.17, 15) is 0 Å². The second kappa shape index (κ2) is 3.26. The third-order valence-corrected chi connectivity index (χ3v) is 3.89. The second-order valence-corrected chi connectivity index (χ2v) is 4.47. The van der Waals surface area contributed by atoms with Gasteiger partial charge < -0.3 is 0 Å². The van der Waals surface area contributed by atoms with Crippen molar-refractivity contribution in [3.63, 3.8) is 0 Å². The van der Waals surface area contributed by atoms with Crippen LogP contribution in [-0.4, -0.2) is 9.39 Å². The van der Waals surface area contributed by atoms with Crippen molar-refractivity contribution in [3.8, 4) is 0 Å². The van der Waals surface area contributed by atoms with Gasteiger partial charge >= 0.3 is 0 Å². The number of aryl methyl sites for hydroxylation is 2. The fourth-order valence-corrected chi connectivity index (χ4v) is 3.83. The van der Waals surface area contributed by atoms with E-state index in [0.29, 0.717) is 0 Å². The molecule has 0 unspecified atom stereocenters. The van der Waals surface area contributed by atoms with Gasteiger partial charge in [0.15, 0.2) is 0 Å². The zero-order valence-electron chi connectivity index (χ0n) is 6.64. The van der Waals surface area contributed by atoms with Gasteiger partial charge in [0.25, 0.3) is 0 Å². The highest BCUT2D eigenvalue weighted by Crippen LogP contribution is 2.22. The Kier molecular flexibility index (Phi) is 2.57. The van der Waals surface area contributed by atoms with Crippen LogP contribution >= 0.6 is 11.2 Å². The Morgan fingerprint density at radius 1 is 1.20 bits per heavy atom. The van der Waals surface area contributed by atoms with Crippen molar-refractivity contribution in [3.05, 3.63) is 29.3 Å². The SMILES string of the molecule is Cc1cccc(C)c1S[SiH3]. The van der Waals surface area contributed by atoms with E-state index in [0.717, 1.165) is 0 Å². The van der Waals surface area contributed by atoms with Crippen molar-refractivity contribution in [2.75, 3.05) is 0 Å². The van der Waals surface area contributed by atoms with E-state index in [1.165, 1.54) is 25.4 Å². The van der Waals surface area contributed by atoms with Crippen molar-refractivity contribution in [1.82, 2.24) is 0 Å². The number of benzene rings is 1. The van der Waals surface area contributed by atoms with Gasteiger partial charge in [0.2, 0.25) is 0 Å². The lowest BCUT2D eigenvalue weighted by Gasteiger charge is -2.04. The van der Waals surface area contributed by atoms with E-state index in [4.69, 9.17) is 0 Å². The molecule has 2 heteroatoms. The number of hydrogen-bond donors (Lipinski definition) is 0. The molecule has 0 saturated heterocycles. The Labute approximate surface area is 69.1 Å². The van der Waals surface area contributed by atoms with Crippen molar-refractivity contribution < 1.29 is 0 Å². The highest BCUT2D eigenvalue weighted by molar-refractivity contribution is 8.19. The molecular formula is C8H12SSi. The summed E-state index contributed by atoms with van der Waals surface area (Å²) in [6, 6.07) is 6.46. The van der Waals surface area contributed by atoms with Crippen molar-refractivity contribution in [2.45, 2.75) is 18.7 Å². The molecule has 0 aromatic heterocycles. The summed E-state index contributed by atoms with van der Waals surface area (Å²) >= 11 is 1.96. The molecule has 0 bridgehead atoms. The van der Waals surface area contributed by atoms with Gasteiger partial charge in [-0.2, -0.15) is 11.2 Å². The summed E-state index contributed by atoms with van der Waals surface area (Å²) < 4.78 is 0. The number of rotatable bonds is 1. The first-order valence-electron chi connectivity index (χ1n) is 3.36. The van der Waals surface area contributed by atoms with Gasteiger partial charge in [0.05, 0.1) is 9.39 Å². The highest BCUT2D eigenvalue weighted by atomic mass is 32.4. The van der Waals surface area contributed by atoms with Crippen molar-refractivity contribution in [1.29, 1.82) is 0 Å². The molecule has 0 aliphatic carbocycles. The van der Waals surface area contributed by atoms with Crippen molar-refractivity contribution >= 4 is 20.6 Å². The van der Waals surface area contributed by atoms with E-state index >= 15 is 0 Å². The molecule has 0 atom stereocenters. The smallest absolute Gasteiger partial charge is 0.0758 e. The van der Waals surface area contributed by atoms with E-state index < -0.39 is 0 Å². The van der Waals surface area contributed by atoms with Gasteiger partial charge in [-0.3, -0.25) is 0 Å². The molecule has 0 N–H and O–H groups in total. The van der Waals surface area contributed by atoms with Gasteiger partial charge in [0.1, 0.15) is 0 Å². The average molecular weight is 168 g/mol. The molecule has 0 amide bonds. The first-order chi connectivity index (χ1) is 4.75. The summed E-state index contributed by atoms with van der Waals surface area (Å²) in [5.74, 6) is 0. The predicted octanol–water partition coefficient (Wildman–Crippen LogP) is 1.68. The van der Waals surface area contributed by atoms with Crippen LogP contribution in [0.15, 0.2) is 23.1 Å². The second-order valence-electron chi connectivity index (χ2n) is 2.43. The van der Waals surface area contributed by atoms with Crippen LogP contribution in [0.25, 0.3) is 0 Å². The van der Waals surface area contributed by atoms with Crippen LogP contribution in [-0.2, 0) is 0 Å². The van der Waals surface area contributed by atoms with Crippen LogP contribution in [0.2, 0.25) is 0 Å². The maximum absolute atomic E-state index is 2.17. The topological polar surface area (TPSA) is 0 Å². The van der Waals surface area contributed by atoms with Crippen LogP contribution in [0.4, 0.5) is 0 Å². The van der Waals surface area contributed by atoms with Crippen LogP contribution in [0, 0.1) is 13.8 Å². The Morgan fingerprint density at radius 3 is 2.00 bits per heavy atom. The molecule has 1 aromatic carbocycles. The molecule has 0 nitrogen and oxygen atoms in total. The molecule has 10 heavy (non-hydrogen) atoms. The van der Waals surface area contributed by atoms with Gasteiger partial charge in [-0.25, -0.2) is 0 Å². The van der Waals surface area contributed by atoms with E-state index in [1.54, 1.807) is 0 Å². The minimum Gasteiger partial charge on any atom is -0.163 e. The lowest BCUT2D eigenvalue weighted by Crippen LogP contribution is -1.82. The summed E-state index contributed by atoms with van der Waals surface area (Å²) in [7, 11) is 1.19. The lowest BCUT2D eigenvalue weighted by atomic mass is 10.2. The minimum atomic E-state index is 1.19. The molecule has 0 fully saturated rings. The summed E-state index contributed by atoms with van der Waals surface area (Å²) in [5, 5.41) is 0. The summed E-state index contributed by atoms with van der Waals surface area (Å²) in [4.78, 5) is 1.48. The van der Waals surface area contributed by atoms with E-state index in [-0.39, 0.29) is 0 Å². The Bertz CT molecular complexity index is 212. The zero-order valence-corrected chi connectivity index (χ0v) is 9.46. The van der Waals surface area contributed by atoms with Gasteiger partial charge in [-0.1, -0.05) is 18.2 Å². The van der Waals surface area contributed by atoms with E-state index in [1.807, 2.05) is 11.2 Å². The standard InChI is InChI=1S/C8H12SSi/c1-6-4-3-5-7(2)8(6)9-10/h3-5H,1-2,10H3. The molecule has 0 aliphatic heterocycles. The molecule has 1 aromatic rings. The van der Waals surface area contributed by atoms with Crippen LogP contribution in [0.1, 0.15) is 11.1 Å². The molecule has 1 rings (SSSR count). The first kappa shape index (κ1) is 7.89. The van der Waals surface area contributed by atoms with Gasteiger partial charge in [-0.15, -0.1) is 0 Å². The maximum Gasteiger partial charge on any atom is 0.0758 e. The monoisotopic (exact) mass is 168 g/mol. The van der Waals surface area contributed by atoms with E-state index in [2.05, 4.69) is 32.0 Å². The molecule has 0 radical (unpaired) electrons. The average Bonchev–Trinajstić information content (AvgIpc) is 1.88. The van der Waals surface area contributed by atoms with Crippen molar-refractivity contribution in [2.24, 2.45) is 0 Å². The summed E-state index contributed by atoms with van der Waals surface area (Å²) in [6.45, 7) is 4.35. The minimum absolute atomic E-state index is 1.19. The Hall–Kier alpha value is -0.213. The summed E-state index contributed by atoms with van der Waals surface area (Å²) in [6.07, 6.45) is 0. The van der Waals surface area contributed by atoms with Gasteiger partial charge in [-0.05, 0) is 25.0 Å². The fourth-order valence-electron chi connectivity index (χ4n) is 1.12. The fraction of sp³-hybridized carbons (Fsp3) is 0.250. The normalized spacial score (nSPS) is 10.2. The van der Waals surface area contributed by atoms with Crippen LogP contribution in [0.5, 0.6) is 0 Å². The lowest BCUT2D eigenvalue weighted by molar-refractivity contribution is 1.22. The molecule has 54 valence electrons.